The van der Waals surface area contributed by atoms with Crippen molar-refractivity contribution >= 4 is 23.3 Å². The van der Waals surface area contributed by atoms with Crippen LogP contribution in [0.4, 0.5) is 11.4 Å². The lowest BCUT2D eigenvalue weighted by Crippen LogP contribution is -2.45. The van der Waals surface area contributed by atoms with Gasteiger partial charge in [-0.05, 0) is 42.7 Å². The Hall–Kier alpha value is -2.86. The van der Waals surface area contributed by atoms with Crippen LogP contribution < -0.4 is 10.2 Å². The summed E-state index contributed by atoms with van der Waals surface area (Å²) in [6.45, 7) is 4.97. The highest BCUT2D eigenvalue weighted by Crippen LogP contribution is 2.31. The van der Waals surface area contributed by atoms with Crippen molar-refractivity contribution in [2.24, 2.45) is 11.8 Å². The number of nitrogens with zero attached hydrogens (tertiary/aromatic N) is 2. The van der Waals surface area contributed by atoms with Gasteiger partial charge in [-0.2, -0.15) is 0 Å². The van der Waals surface area contributed by atoms with Crippen LogP contribution in [-0.2, 0) is 16.1 Å². The molecule has 2 aromatic rings. The SMILES string of the molecule is O=C(O)[C@@H]1CCCC[C@H]1C(=O)Nc1ccc(N2CCN(Cc3ccccc3)CC2)cc1. The molecule has 2 atom stereocenters. The van der Waals surface area contributed by atoms with E-state index in [1.165, 1.54) is 5.56 Å². The molecule has 6 nitrogen and oxygen atoms in total. The number of carboxylic acid groups (broad SMARTS) is 1. The molecule has 0 radical (unpaired) electrons. The number of piperazine rings is 1. The summed E-state index contributed by atoms with van der Waals surface area (Å²) in [6, 6.07) is 18.5. The summed E-state index contributed by atoms with van der Waals surface area (Å²) in [5.74, 6) is -2.04. The molecule has 1 heterocycles. The molecule has 2 N–H and O–H groups in total. The molecule has 1 amide bonds. The van der Waals surface area contributed by atoms with Gasteiger partial charge in [0.1, 0.15) is 0 Å². The molecule has 0 unspecified atom stereocenters. The van der Waals surface area contributed by atoms with Crippen molar-refractivity contribution in [2.75, 3.05) is 36.4 Å². The number of hydrogen-bond donors (Lipinski definition) is 2. The molecule has 1 saturated carbocycles. The second-order valence-corrected chi connectivity index (χ2v) is 8.62. The molecule has 2 aromatic carbocycles. The van der Waals surface area contributed by atoms with Gasteiger partial charge in [0.2, 0.25) is 5.91 Å². The van der Waals surface area contributed by atoms with Crippen LogP contribution in [0.25, 0.3) is 0 Å². The van der Waals surface area contributed by atoms with E-state index in [9.17, 15) is 14.7 Å². The summed E-state index contributed by atoms with van der Waals surface area (Å²) in [4.78, 5) is 29.0. The molecule has 164 valence electrons. The number of amides is 1. The zero-order valence-corrected chi connectivity index (χ0v) is 17.9. The van der Waals surface area contributed by atoms with E-state index in [-0.39, 0.29) is 5.91 Å². The van der Waals surface area contributed by atoms with Gasteiger partial charge in [0.15, 0.2) is 0 Å². The van der Waals surface area contributed by atoms with E-state index >= 15 is 0 Å². The first kappa shape index (κ1) is 21.4. The first-order chi connectivity index (χ1) is 15.1. The highest BCUT2D eigenvalue weighted by molar-refractivity contribution is 5.95. The number of benzene rings is 2. The van der Waals surface area contributed by atoms with Crippen LogP contribution in [0.5, 0.6) is 0 Å². The van der Waals surface area contributed by atoms with Gasteiger partial charge in [-0.25, -0.2) is 0 Å². The number of carboxylic acids is 1. The monoisotopic (exact) mass is 421 g/mol. The van der Waals surface area contributed by atoms with Crippen LogP contribution in [0.1, 0.15) is 31.2 Å². The molecular weight excluding hydrogens is 390 g/mol. The highest BCUT2D eigenvalue weighted by atomic mass is 16.4. The van der Waals surface area contributed by atoms with Crippen LogP contribution >= 0.6 is 0 Å². The van der Waals surface area contributed by atoms with Crippen LogP contribution in [0.15, 0.2) is 54.6 Å². The second-order valence-electron chi connectivity index (χ2n) is 8.62. The number of nitrogens with one attached hydrogen (secondary N) is 1. The van der Waals surface area contributed by atoms with E-state index < -0.39 is 17.8 Å². The van der Waals surface area contributed by atoms with Crippen molar-refractivity contribution < 1.29 is 14.7 Å². The van der Waals surface area contributed by atoms with E-state index in [0.717, 1.165) is 56.9 Å². The third kappa shape index (κ3) is 5.44. The van der Waals surface area contributed by atoms with Gasteiger partial charge in [0.25, 0.3) is 0 Å². The summed E-state index contributed by atoms with van der Waals surface area (Å²) in [7, 11) is 0. The first-order valence-electron chi connectivity index (χ1n) is 11.2. The maximum absolute atomic E-state index is 12.7. The number of anilines is 2. The molecule has 4 rings (SSSR count). The van der Waals surface area contributed by atoms with Gasteiger partial charge in [-0.1, -0.05) is 43.2 Å². The number of rotatable bonds is 6. The average molecular weight is 422 g/mol. The summed E-state index contributed by atoms with van der Waals surface area (Å²) < 4.78 is 0. The van der Waals surface area contributed by atoms with E-state index in [1.54, 1.807) is 0 Å². The maximum Gasteiger partial charge on any atom is 0.307 e. The minimum Gasteiger partial charge on any atom is -0.481 e. The Morgan fingerprint density at radius 3 is 2.16 bits per heavy atom. The molecule has 2 aliphatic rings. The fourth-order valence-electron chi connectivity index (χ4n) is 4.74. The van der Waals surface area contributed by atoms with Crippen molar-refractivity contribution in [3.05, 3.63) is 60.2 Å². The molecule has 31 heavy (non-hydrogen) atoms. The molecule has 1 saturated heterocycles. The van der Waals surface area contributed by atoms with Crippen LogP contribution in [0, 0.1) is 11.8 Å². The van der Waals surface area contributed by atoms with E-state index in [4.69, 9.17) is 0 Å². The molecule has 2 fully saturated rings. The van der Waals surface area contributed by atoms with Crippen LogP contribution in [-0.4, -0.2) is 48.1 Å². The molecule has 1 aliphatic carbocycles. The molecule has 0 aromatic heterocycles. The second kappa shape index (κ2) is 9.96. The Labute approximate surface area is 183 Å². The van der Waals surface area contributed by atoms with Gasteiger partial charge in [-0.3, -0.25) is 14.5 Å². The molecule has 0 bridgehead atoms. The van der Waals surface area contributed by atoms with E-state index in [1.807, 2.05) is 30.3 Å². The van der Waals surface area contributed by atoms with Gasteiger partial charge >= 0.3 is 5.97 Å². The first-order valence-corrected chi connectivity index (χ1v) is 11.2. The fraction of sp³-hybridized carbons (Fsp3) is 0.440. The minimum absolute atomic E-state index is 0.172. The maximum atomic E-state index is 12.7. The van der Waals surface area contributed by atoms with Crippen molar-refractivity contribution in [1.82, 2.24) is 4.90 Å². The smallest absolute Gasteiger partial charge is 0.307 e. The highest BCUT2D eigenvalue weighted by Gasteiger charge is 2.35. The Morgan fingerprint density at radius 2 is 1.52 bits per heavy atom. The number of carbonyl (C=O) groups is 2. The average Bonchev–Trinajstić information content (AvgIpc) is 2.81. The lowest BCUT2D eigenvalue weighted by atomic mass is 9.78. The van der Waals surface area contributed by atoms with Crippen molar-refractivity contribution in [3.8, 4) is 0 Å². The number of hydrogen-bond acceptors (Lipinski definition) is 4. The lowest BCUT2D eigenvalue weighted by molar-refractivity contribution is -0.147. The Bertz CT molecular complexity index is 877. The quantitative estimate of drug-likeness (QED) is 0.742. The topological polar surface area (TPSA) is 72.9 Å². The minimum atomic E-state index is -0.860. The van der Waals surface area contributed by atoms with E-state index in [2.05, 4.69) is 39.4 Å². The zero-order chi connectivity index (χ0) is 21.6. The largest absolute Gasteiger partial charge is 0.481 e. The lowest BCUT2D eigenvalue weighted by Gasteiger charge is -2.36. The van der Waals surface area contributed by atoms with Gasteiger partial charge in [0, 0.05) is 44.1 Å². The van der Waals surface area contributed by atoms with Gasteiger partial charge in [0.05, 0.1) is 11.8 Å². The van der Waals surface area contributed by atoms with Gasteiger partial charge < -0.3 is 15.3 Å². The summed E-state index contributed by atoms with van der Waals surface area (Å²) >= 11 is 0. The Kier molecular flexibility index (Phi) is 6.87. The fourth-order valence-corrected chi connectivity index (χ4v) is 4.74. The van der Waals surface area contributed by atoms with Crippen molar-refractivity contribution in [1.29, 1.82) is 0 Å². The Balaban J connectivity index is 1.29. The van der Waals surface area contributed by atoms with Crippen LogP contribution in [0.2, 0.25) is 0 Å². The predicted molar refractivity (Wildman–Crippen MR) is 122 cm³/mol. The normalized spacial score (nSPS) is 22.1. The third-order valence-electron chi connectivity index (χ3n) is 6.54. The zero-order valence-electron chi connectivity index (χ0n) is 17.9. The molecular formula is C25H31N3O3. The number of carbonyl (C=O) groups excluding carboxylic acids is 1. The summed E-state index contributed by atoms with van der Waals surface area (Å²) in [6.07, 6.45) is 3.03. The van der Waals surface area contributed by atoms with Crippen LogP contribution in [0.3, 0.4) is 0 Å². The predicted octanol–water partition coefficient (Wildman–Crippen LogP) is 3.84. The Morgan fingerprint density at radius 1 is 0.871 bits per heavy atom. The summed E-state index contributed by atoms with van der Waals surface area (Å²) in [5.41, 5.74) is 3.23. The molecule has 1 aliphatic heterocycles. The van der Waals surface area contributed by atoms with E-state index in [0.29, 0.717) is 12.8 Å². The third-order valence-corrected chi connectivity index (χ3v) is 6.54. The molecule has 6 heteroatoms. The standard InChI is InChI=1S/C25H31N3O3/c29-24(22-8-4-5-9-23(22)25(30)31)26-20-10-12-21(13-11-20)28-16-14-27(15-17-28)18-19-6-2-1-3-7-19/h1-3,6-7,10-13,22-23H,4-5,8-9,14-18H2,(H,26,29)(H,30,31)/t22-,23-/m1/s1. The van der Waals surface area contributed by atoms with Gasteiger partial charge in [-0.15, -0.1) is 0 Å². The van der Waals surface area contributed by atoms with Crippen molar-refractivity contribution in [2.45, 2.75) is 32.2 Å². The van der Waals surface area contributed by atoms with Crippen molar-refractivity contribution in [3.63, 3.8) is 0 Å². The number of aliphatic carboxylic acids is 1. The summed E-state index contributed by atoms with van der Waals surface area (Å²) in [5, 5.41) is 12.3. The molecule has 0 spiro atoms.